The molecular formula is C25H21N5O7S. The Morgan fingerprint density at radius 2 is 1.74 bits per heavy atom. The van der Waals surface area contributed by atoms with Crippen LogP contribution in [0.2, 0.25) is 0 Å². The number of carbonyl (C=O) groups excluding carboxylic acids is 1. The van der Waals surface area contributed by atoms with Crippen LogP contribution < -0.4 is 14.8 Å². The molecule has 0 spiro atoms. The van der Waals surface area contributed by atoms with E-state index in [0.29, 0.717) is 10.8 Å². The van der Waals surface area contributed by atoms with Crippen molar-refractivity contribution in [3.63, 3.8) is 0 Å². The number of ether oxygens (including phenoxy) is 1. The number of nitro groups is 1. The van der Waals surface area contributed by atoms with Crippen LogP contribution in [0.4, 0.5) is 22.7 Å². The van der Waals surface area contributed by atoms with E-state index >= 15 is 0 Å². The molecule has 3 N–H and O–H groups in total. The molecule has 38 heavy (non-hydrogen) atoms. The molecule has 0 saturated heterocycles. The number of azo groups is 1. The maximum absolute atomic E-state index is 13.0. The molecule has 12 nitrogen and oxygen atoms in total. The van der Waals surface area contributed by atoms with Crippen molar-refractivity contribution >= 4 is 49.5 Å². The molecule has 0 atom stereocenters. The fraction of sp³-hybridized carbons (Fsp3) is 0.0800. The second kappa shape index (κ2) is 10.6. The number of nitro benzene ring substituents is 1. The van der Waals surface area contributed by atoms with Gasteiger partial charge in [0.15, 0.2) is 5.75 Å². The highest BCUT2D eigenvalue weighted by Gasteiger charge is 2.20. The van der Waals surface area contributed by atoms with Gasteiger partial charge in [-0.1, -0.05) is 24.3 Å². The minimum Gasteiger partial charge on any atom is -0.505 e. The molecule has 194 valence electrons. The molecule has 0 aromatic heterocycles. The van der Waals surface area contributed by atoms with E-state index in [1.54, 1.807) is 24.3 Å². The average molecular weight is 536 g/mol. The van der Waals surface area contributed by atoms with Gasteiger partial charge in [0.2, 0.25) is 10.0 Å². The summed E-state index contributed by atoms with van der Waals surface area (Å²) >= 11 is 0. The van der Waals surface area contributed by atoms with E-state index in [0.717, 1.165) is 0 Å². The number of fused-ring (bicyclic) bond motifs is 1. The van der Waals surface area contributed by atoms with Crippen LogP contribution in [-0.2, 0) is 10.0 Å². The highest BCUT2D eigenvalue weighted by molar-refractivity contribution is 7.89. The summed E-state index contributed by atoms with van der Waals surface area (Å²) in [7, 11) is -1.08. The number of amides is 1. The number of rotatable bonds is 8. The van der Waals surface area contributed by atoms with Gasteiger partial charge in [0.05, 0.1) is 22.5 Å². The summed E-state index contributed by atoms with van der Waals surface area (Å²) in [6.07, 6.45) is 0. The molecule has 0 aliphatic carbocycles. The first-order valence-electron chi connectivity index (χ1n) is 11.0. The van der Waals surface area contributed by atoms with Crippen LogP contribution in [0, 0.1) is 10.1 Å². The zero-order valence-electron chi connectivity index (χ0n) is 20.1. The van der Waals surface area contributed by atoms with Gasteiger partial charge in [-0.15, -0.1) is 10.2 Å². The van der Waals surface area contributed by atoms with Crippen LogP contribution in [0.5, 0.6) is 11.5 Å². The number of nitrogens with zero attached hydrogens (tertiary/aromatic N) is 3. The number of anilines is 1. The number of carbonyl (C=O) groups is 1. The molecular weight excluding hydrogens is 514 g/mol. The summed E-state index contributed by atoms with van der Waals surface area (Å²) in [4.78, 5) is 23.3. The fourth-order valence-electron chi connectivity index (χ4n) is 3.59. The Kier molecular flexibility index (Phi) is 7.32. The second-order valence-electron chi connectivity index (χ2n) is 7.84. The van der Waals surface area contributed by atoms with Crippen molar-refractivity contribution < 1.29 is 28.0 Å². The SMILES string of the molecule is CNS(=O)(=O)c1ccc(N=Nc2c(O)c(C(=O)Nc3ccc([N+](=O)[O-])cc3)cc3ccccc23)c(OC)c1. The van der Waals surface area contributed by atoms with Gasteiger partial charge < -0.3 is 15.2 Å². The van der Waals surface area contributed by atoms with Crippen molar-refractivity contribution in [1.29, 1.82) is 0 Å². The smallest absolute Gasteiger partial charge is 0.269 e. The highest BCUT2D eigenvalue weighted by atomic mass is 32.2. The van der Waals surface area contributed by atoms with Crippen LogP contribution in [0.1, 0.15) is 10.4 Å². The van der Waals surface area contributed by atoms with Crippen LogP contribution in [0.15, 0.2) is 87.9 Å². The summed E-state index contributed by atoms with van der Waals surface area (Å²) in [6.45, 7) is 0. The van der Waals surface area contributed by atoms with Crippen LogP contribution >= 0.6 is 0 Å². The minimum atomic E-state index is -3.72. The standard InChI is InChI=1S/C25H21N5O7S/c1-26-38(35,36)18-11-12-21(22(14-18)37-2)28-29-23-19-6-4-3-5-15(19)13-20(24(23)31)25(32)27-16-7-9-17(10-8-16)30(33)34/h3-14,26,31H,1-2H3,(H,27,32). The van der Waals surface area contributed by atoms with Gasteiger partial charge in [-0.25, -0.2) is 13.1 Å². The number of sulfonamides is 1. The Labute approximate surface area is 216 Å². The van der Waals surface area contributed by atoms with Gasteiger partial charge in [0.1, 0.15) is 17.1 Å². The Morgan fingerprint density at radius 3 is 2.39 bits per heavy atom. The molecule has 0 aliphatic heterocycles. The van der Waals surface area contributed by atoms with Crippen LogP contribution in [0.3, 0.4) is 0 Å². The monoisotopic (exact) mass is 535 g/mol. The quantitative estimate of drug-likeness (QED) is 0.161. The van der Waals surface area contributed by atoms with Gasteiger partial charge in [0.25, 0.3) is 11.6 Å². The molecule has 0 saturated carbocycles. The molecule has 13 heteroatoms. The number of phenolic OH excluding ortho intramolecular Hbond substituents is 1. The summed E-state index contributed by atoms with van der Waals surface area (Å²) < 4.78 is 31.7. The van der Waals surface area contributed by atoms with E-state index in [2.05, 4.69) is 20.3 Å². The predicted molar refractivity (Wildman–Crippen MR) is 140 cm³/mol. The van der Waals surface area contributed by atoms with Crippen LogP contribution in [0.25, 0.3) is 10.8 Å². The summed E-state index contributed by atoms with van der Waals surface area (Å²) in [6, 6.07) is 17.7. The zero-order valence-corrected chi connectivity index (χ0v) is 20.9. The summed E-state index contributed by atoms with van der Waals surface area (Å²) in [5, 5.41) is 33.9. The topological polar surface area (TPSA) is 173 Å². The Morgan fingerprint density at radius 1 is 1.03 bits per heavy atom. The number of methoxy groups -OCH3 is 1. The number of benzene rings is 4. The van der Waals surface area contributed by atoms with Crippen molar-refractivity contribution in [2.45, 2.75) is 4.90 Å². The molecule has 4 aromatic carbocycles. The van der Waals surface area contributed by atoms with E-state index in [-0.39, 0.29) is 39.0 Å². The molecule has 0 bridgehead atoms. The van der Waals surface area contributed by atoms with Gasteiger partial charge in [-0.3, -0.25) is 14.9 Å². The lowest BCUT2D eigenvalue weighted by Gasteiger charge is -2.11. The van der Waals surface area contributed by atoms with Crippen molar-refractivity contribution in [2.24, 2.45) is 10.2 Å². The Bertz CT molecular complexity index is 1690. The number of aromatic hydroxyl groups is 1. The maximum Gasteiger partial charge on any atom is 0.269 e. The lowest BCUT2D eigenvalue weighted by molar-refractivity contribution is -0.384. The summed E-state index contributed by atoms with van der Waals surface area (Å²) in [5.41, 5.74) is 0.250. The lowest BCUT2D eigenvalue weighted by atomic mass is 10.0. The molecule has 4 rings (SSSR count). The van der Waals surface area contributed by atoms with Gasteiger partial charge in [0, 0.05) is 29.3 Å². The second-order valence-corrected chi connectivity index (χ2v) is 9.73. The molecule has 0 aliphatic rings. The third-order valence-electron chi connectivity index (χ3n) is 5.56. The number of nitrogens with one attached hydrogen (secondary N) is 2. The molecule has 1 amide bonds. The van der Waals surface area contributed by atoms with Crippen molar-refractivity contribution in [3.8, 4) is 11.5 Å². The zero-order chi connectivity index (χ0) is 27.4. The normalized spacial score (nSPS) is 11.5. The van der Waals surface area contributed by atoms with E-state index in [1.807, 2.05) is 0 Å². The molecule has 4 aromatic rings. The van der Waals surface area contributed by atoms with E-state index in [1.165, 1.54) is 62.7 Å². The van der Waals surface area contributed by atoms with Crippen molar-refractivity contribution in [2.75, 3.05) is 19.5 Å². The minimum absolute atomic E-state index is 0.00549. The lowest BCUT2D eigenvalue weighted by Crippen LogP contribution is -2.18. The fourth-order valence-corrected chi connectivity index (χ4v) is 4.33. The van der Waals surface area contributed by atoms with Crippen molar-refractivity contribution in [3.05, 3.63) is 88.5 Å². The predicted octanol–water partition coefficient (Wildman–Crippen LogP) is 5.04. The molecule has 0 radical (unpaired) electrons. The molecule has 0 fully saturated rings. The average Bonchev–Trinajstić information content (AvgIpc) is 2.92. The third-order valence-corrected chi connectivity index (χ3v) is 6.98. The first-order valence-corrected chi connectivity index (χ1v) is 12.5. The van der Waals surface area contributed by atoms with E-state index in [9.17, 15) is 28.4 Å². The van der Waals surface area contributed by atoms with E-state index < -0.39 is 26.6 Å². The summed E-state index contributed by atoms with van der Waals surface area (Å²) in [5.74, 6) is -0.987. The van der Waals surface area contributed by atoms with Gasteiger partial charge in [-0.05, 0) is 42.8 Å². The number of hydrogen-bond donors (Lipinski definition) is 3. The largest absolute Gasteiger partial charge is 0.505 e. The van der Waals surface area contributed by atoms with Gasteiger partial charge in [-0.2, -0.15) is 0 Å². The van der Waals surface area contributed by atoms with E-state index in [4.69, 9.17) is 4.74 Å². The molecule has 0 unspecified atom stereocenters. The first kappa shape index (κ1) is 26.2. The third kappa shape index (κ3) is 5.28. The van der Waals surface area contributed by atoms with Gasteiger partial charge >= 0.3 is 0 Å². The van der Waals surface area contributed by atoms with Crippen molar-refractivity contribution in [1.82, 2.24) is 4.72 Å². The number of phenols is 1. The van der Waals surface area contributed by atoms with Crippen LogP contribution in [-0.4, -0.2) is 38.5 Å². The number of hydrogen-bond acceptors (Lipinski definition) is 9. The molecule has 0 heterocycles. The maximum atomic E-state index is 13.0. The highest BCUT2D eigenvalue weighted by Crippen LogP contribution is 2.40. The Balaban J connectivity index is 1.74. The Hall–Kier alpha value is -4.88. The first-order chi connectivity index (χ1) is 18.1. The number of non-ortho nitro benzene ring substituents is 1.